The van der Waals surface area contributed by atoms with Gasteiger partial charge in [-0.1, -0.05) is 39.3 Å². The molecule has 218 valence electrons. The van der Waals surface area contributed by atoms with E-state index < -0.39 is 17.7 Å². The molecule has 1 saturated heterocycles. The van der Waals surface area contributed by atoms with E-state index in [1.54, 1.807) is 36.4 Å². The third-order valence-corrected chi connectivity index (χ3v) is 7.18. The summed E-state index contributed by atoms with van der Waals surface area (Å²) in [5.41, 5.74) is 0.967. The standard InChI is InChI=1S/C31H42N2O7/c1-7-10-17-40-23-14-11-13-21(18-23)28(34)26-27(22-19-24(37-4)30(39-6)25(20-22)38-5)33(31(36)29(26)35)16-12-15-32(8-2)9-3/h11,13-14,18-20,27,34H,7-10,12,15-17H2,1-6H3/b28-26+. The smallest absolute Gasteiger partial charge is 0.295 e. The molecule has 0 saturated carbocycles. The topological polar surface area (TPSA) is 97.8 Å². The van der Waals surface area contributed by atoms with E-state index in [4.69, 9.17) is 18.9 Å². The Bertz CT molecular complexity index is 1180. The van der Waals surface area contributed by atoms with E-state index in [9.17, 15) is 14.7 Å². The molecule has 1 fully saturated rings. The molecule has 0 spiro atoms. The molecule has 40 heavy (non-hydrogen) atoms. The van der Waals surface area contributed by atoms with E-state index in [0.29, 0.717) is 53.7 Å². The lowest BCUT2D eigenvalue weighted by molar-refractivity contribution is -0.140. The van der Waals surface area contributed by atoms with E-state index in [-0.39, 0.29) is 11.3 Å². The predicted octanol–water partition coefficient (Wildman–Crippen LogP) is 5.04. The molecule has 0 radical (unpaired) electrons. The minimum Gasteiger partial charge on any atom is -0.507 e. The predicted molar refractivity (Wildman–Crippen MR) is 154 cm³/mol. The number of nitrogens with zero attached hydrogens (tertiary/aromatic N) is 2. The van der Waals surface area contributed by atoms with Crippen molar-refractivity contribution in [3.8, 4) is 23.0 Å². The lowest BCUT2D eigenvalue weighted by Crippen LogP contribution is -2.33. The van der Waals surface area contributed by atoms with E-state index in [1.807, 2.05) is 0 Å². The number of likely N-dealkylation sites (tertiary alicyclic amines) is 1. The quantitative estimate of drug-likeness (QED) is 0.141. The van der Waals surface area contributed by atoms with Gasteiger partial charge in [0.1, 0.15) is 11.5 Å². The fourth-order valence-corrected chi connectivity index (χ4v) is 4.94. The number of carbonyl (C=O) groups excluding carboxylic acids is 2. The summed E-state index contributed by atoms with van der Waals surface area (Å²) >= 11 is 0. The van der Waals surface area contributed by atoms with Gasteiger partial charge in [-0.25, -0.2) is 0 Å². The summed E-state index contributed by atoms with van der Waals surface area (Å²) in [6, 6.07) is 9.52. The van der Waals surface area contributed by atoms with Crippen molar-refractivity contribution < 1.29 is 33.6 Å². The molecule has 1 amide bonds. The lowest BCUT2D eigenvalue weighted by Gasteiger charge is -2.27. The molecule has 9 heteroatoms. The van der Waals surface area contributed by atoms with Gasteiger partial charge in [0.05, 0.1) is 39.6 Å². The van der Waals surface area contributed by atoms with Crippen molar-refractivity contribution in [3.63, 3.8) is 0 Å². The molecule has 0 aliphatic carbocycles. The van der Waals surface area contributed by atoms with Gasteiger partial charge in [0, 0.05) is 12.1 Å². The lowest BCUT2D eigenvalue weighted by atomic mass is 9.94. The number of hydrogen-bond donors (Lipinski definition) is 1. The van der Waals surface area contributed by atoms with Gasteiger partial charge in [-0.05, 0) is 62.3 Å². The number of aliphatic hydroxyl groups is 1. The van der Waals surface area contributed by atoms with Crippen LogP contribution >= 0.6 is 0 Å². The zero-order chi connectivity index (χ0) is 29.2. The van der Waals surface area contributed by atoms with Crippen LogP contribution in [-0.2, 0) is 9.59 Å². The highest BCUT2D eigenvalue weighted by Gasteiger charge is 2.46. The highest BCUT2D eigenvalue weighted by molar-refractivity contribution is 6.46. The van der Waals surface area contributed by atoms with Crippen LogP contribution in [0.5, 0.6) is 23.0 Å². The maximum atomic E-state index is 13.5. The van der Waals surface area contributed by atoms with Gasteiger partial charge in [0.2, 0.25) is 5.75 Å². The Kier molecular flexibility index (Phi) is 11.3. The van der Waals surface area contributed by atoms with Crippen molar-refractivity contribution in [3.05, 3.63) is 53.1 Å². The molecule has 1 aliphatic rings. The van der Waals surface area contributed by atoms with Gasteiger partial charge in [0.25, 0.3) is 11.7 Å². The van der Waals surface area contributed by atoms with Crippen LogP contribution in [-0.4, -0.2) is 80.7 Å². The van der Waals surface area contributed by atoms with Crippen LogP contribution in [0, 0.1) is 0 Å². The summed E-state index contributed by atoms with van der Waals surface area (Å²) < 4.78 is 22.4. The second kappa shape index (κ2) is 14.6. The Morgan fingerprint density at radius 1 is 0.950 bits per heavy atom. The number of hydrogen-bond acceptors (Lipinski definition) is 8. The van der Waals surface area contributed by atoms with Crippen LogP contribution in [0.1, 0.15) is 57.2 Å². The van der Waals surface area contributed by atoms with Crippen LogP contribution in [0.4, 0.5) is 0 Å². The summed E-state index contributed by atoms with van der Waals surface area (Å²) in [5.74, 6) is 0.0872. The fourth-order valence-electron chi connectivity index (χ4n) is 4.94. The van der Waals surface area contributed by atoms with E-state index >= 15 is 0 Å². The summed E-state index contributed by atoms with van der Waals surface area (Å²) in [6.45, 7) is 9.69. The monoisotopic (exact) mass is 554 g/mol. The summed E-state index contributed by atoms with van der Waals surface area (Å²) in [6.07, 6.45) is 2.55. The Morgan fingerprint density at radius 3 is 2.20 bits per heavy atom. The van der Waals surface area contributed by atoms with Crippen LogP contribution in [0.25, 0.3) is 5.76 Å². The van der Waals surface area contributed by atoms with E-state index in [0.717, 1.165) is 32.5 Å². The minimum atomic E-state index is -0.852. The summed E-state index contributed by atoms with van der Waals surface area (Å²) in [5, 5.41) is 11.5. The van der Waals surface area contributed by atoms with Gasteiger partial charge >= 0.3 is 0 Å². The molecule has 0 bridgehead atoms. The van der Waals surface area contributed by atoms with E-state index in [2.05, 4.69) is 25.7 Å². The molecule has 1 unspecified atom stereocenters. The molecule has 3 rings (SSSR count). The Balaban J connectivity index is 2.13. The first kappa shape index (κ1) is 30.8. The number of aliphatic hydroxyl groups excluding tert-OH is 1. The number of carbonyl (C=O) groups is 2. The van der Waals surface area contributed by atoms with Crippen molar-refractivity contribution in [2.24, 2.45) is 0 Å². The van der Waals surface area contributed by atoms with Crippen molar-refractivity contribution in [2.75, 3.05) is 54.1 Å². The molecule has 1 N–H and O–H groups in total. The Labute approximate surface area is 237 Å². The molecule has 1 heterocycles. The molecule has 1 aliphatic heterocycles. The second-order valence-electron chi connectivity index (χ2n) is 9.56. The number of ether oxygens (including phenoxy) is 4. The van der Waals surface area contributed by atoms with Crippen LogP contribution < -0.4 is 18.9 Å². The number of ketones is 1. The molecule has 9 nitrogen and oxygen atoms in total. The van der Waals surface area contributed by atoms with Gasteiger partial charge in [-0.3, -0.25) is 9.59 Å². The summed E-state index contributed by atoms with van der Waals surface area (Å²) in [7, 11) is 4.52. The summed E-state index contributed by atoms with van der Waals surface area (Å²) in [4.78, 5) is 30.7. The molecule has 2 aromatic carbocycles. The minimum absolute atomic E-state index is 0.00724. The zero-order valence-corrected chi connectivity index (χ0v) is 24.5. The number of amides is 1. The van der Waals surface area contributed by atoms with Gasteiger partial charge in [-0.15, -0.1) is 0 Å². The Hall–Kier alpha value is -3.72. The number of Topliss-reactive ketones (excluding diaryl/α,β-unsaturated/α-hetero) is 1. The maximum Gasteiger partial charge on any atom is 0.295 e. The van der Waals surface area contributed by atoms with Gasteiger partial charge in [-0.2, -0.15) is 0 Å². The number of benzene rings is 2. The van der Waals surface area contributed by atoms with Crippen molar-refractivity contribution >= 4 is 17.4 Å². The second-order valence-corrected chi connectivity index (χ2v) is 9.56. The van der Waals surface area contributed by atoms with Crippen LogP contribution in [0.3, 0.4) is 0 Å². The molecular formula is C31H42N2O7. The van der Waals surface area contributed by atoms with Crippen molar-refractivity contribution in [2.45, 2.75) is 46.1 Å². The normalized spacial score (nSPS) is 16.5. The third kappa shape index (κ3) is 6.70. The molecule has 2 aromatic rings. The van der Waals surface area contributed by atoms with E-state index in [1.165, 1.54) is 26.2 Å². The number of unbranched alkanes of at least 4 members (excludes halogenated alkanes) is 1. The first-order valence-electron chi connectivity index (χ1n) is 13.9. The van der Waals surface area contributed by atoms with Crippen LogP contribution in [0.15, 0.2) is 42.0 Å². The van der Waals surface area contributed by atoms with Crippen molar-refractivity contribution in [1.82, 2.24) is 9.80 Å². The highest BCUT2D eigenvalue weighted by atomic mass is 16.5. The zero-order valence-electron chi connectivity index (χ0n) is 24.5. The molecule has 1 atom stereocenters. The fraction of sp³-hybridized carbons (Fsp3) is 0.484. The van der Waals surface area contributed by atoms with Crippen LogP contribution in [0.2, 0.25) is 0 Å². The van der Waals surface area contributed by atoms with Crippen molar-refractivity contribution in [1.29, 1.82) is 0 Å². The highest BCUT2D eigenvalue weighted by Crippen LogP contribution is 2.45. The number of methoxy groups -OCH3 is 3. The third-order valence-electron chi connectivity index (χ3n) is 7.18. The van der Waals surface area contributed by atoms with Gasteiger partial charge in [0.15, 0.2) is 11.5 Å². The first-order chi connectivity index (χ1) is 19.3. The first-order valence-corrected chi connectivity index (χ1v) is 13.9. The average molecular weight is 555 g/mol. The molecular weight excluding hydrogens is 512 g/mol. The maximum absolute atomic E-state index is 13.5. The van der Waals surface area contributed by atoms with Gasteiger partial charge < -0.3 is 33.9 Å². The SMILES string of the molecule is CCCCOc1cccc(/C(O)=C2\C(=O)C(=O)N(CCCN(CC)CC)C2c2cc(OC)c(OC)c(OC)c2)c1. The average Bonchev–Trinajstić information content (AvgIpc) is 3.23. The largest absolute Gasteiger partial charge is 0.507 e. The molecule has 0 aromatic heterocycles. The number of rotatable bonds is 15. The Morgan fingerprint density at radius 2 is 1.62 bits per heavy atom.